The largest absolute Gasteiger partial charge is 0.381 e. The van der Waals surface area contributed by atoms with Crippen molar-refractivity contribution < 1.29 is 9.53 Å². The molecule has 0 saturated carbocycles. The molecule has 1 aliphatic rings. The summed E-state index contributed by atoms with van der Waals surface area (Å²) in [5.41, 5.74) is 3.46. The maximum Gasteiger partial charge on any atom is 0.259 e. The van der Waals surface area contributed by atoms with E-state index < -0.39 is 0 Å². The lowest BCUT2D eigenvalue weighted by Gasteiger charge is -2.24. The SMILES string of the molecule is Cc1cc(C2CCOCC2)c(C(=O)Nc2nnc(CCc3ccc(Cl)cn3)s2)cn1. The Morgan fingerprint density at radius 3 is 2.80 bits per heavy atom. The van der Waals surface area contributed by atoms with Gasteiger partial charge in [0.1, 0.15) is 5.01 Å². The second kappa shape index (κ2) is 9.59. The third-order valence-corrected chi connectivity index (χ3v) is 6.17. The number of nitrogens with one attached hydrogen (secondary N) is 1. The van der Waals surface area contributed by atoms with Crippen LogP contribution in [0.1, 0.15) is 51.1 Å². The predicted molar refractivity (Wildman–Crippen MR) is 116 cm³/mol. The molecule has 0 aliphatic carbocycles. The number of aromatic nitrogens is 4. The van der Waals surface area contributed by atoms with Crippen LogP contribution in [0.4, 0.5) is 5.13 Å². The van der Waals surface area contributed by atoms with Crippen molar-refractivity contribution in [1.82, 2.24) is 20.2 Å². The Hall–Kier alpha value is -2.42. The van der Waals surface area contributed by atoms with Crippen molar-refractivity contribution in [3.8, 4) is 0 Å². The summed E-state index contributed by atoms with van der Waals surface area (Å²) in [6, 6.07) is 5.73. The van der Waals surface area contributed by atoms with Gasteiger partial charge in [0.25, 0.3) is 5.91 Å². The van der Waals surface area contributed by atoms with Gasteiger partial charge in [-0.05, 0) is 55.9 Å². The van der Waals surface area contributed by atoms with Crippen LogP contribution in [0.25, 0.3) is 0 Å². The normalized spacial score (nSPS) is 14.6. The molecule has 3 aromatic rings. The van der Waals surface area contributed by atoms with E-state index in [1.165, 1.54) is 11.3 Å². The molecule has 4 rings (SSSR count). The highest BCUT2D eigenvalue weighted by Crippen LogP contribution is 2.30. The smallest absolute Gasteiger partial charge is 0.259 e. The molecular formula is C21H22ClN5O2S. The molecule has 30 heavy (non-hydrogen) atoms. The Morgan fingerprint density at radius 1 is 1.20 bits per heavy atom. The minimum Gasteiger partial charge on any atom is -0.381 e. The van der Waals surface area contributed by atoms with Crippen molar-refractivity contribution in [2.45, 2.75) is 38.5 Å². The third kappa shape index (κ3) is 5.19. The Kier molecular flexibility index (Phi) is 6.66. The van der Waals surface area contributed by atoms with Crippen LogP contribution in [0.5, 0.6) is 0 Å². The number of aryl methyl sites for hydroxylation is 3. The van der Waals surface area contributed by atoms with E-state index in [4.69, 9.17) is 16.3 Å². The maximum absolute atomic E-state index is 12.9. The van der Waals surface area contributed by atoms with Gasteiger partial charge in [0.2, 0.25) is 5.13 Å². The van der Waals surface area contributed by atoms with Gasteiger partial charge in [-0.1, -0.05) is 22.9 Å². The molecule has 156 valence electrons. The monoisotopic (exact) mass is 443 g/mol. The average molecular weight is 444 g/mol. The van der Waals surface area contributed by atoms with Crippen molar-refractivity contribution in [1.29, 1.82) is 0 Å². The van der Waals surface area contributed by atoms with Gasteiger partial charge in [0, 0.05) is 43.4 Å². The van der Waals surface area contributed by atoms with Crippen LogP contribution < -0.4 is 5.32 Å². The summed E-state index contributed by atoms with van der Waals surface area (Å²) in [7, 11) is 0. The Labute approximate surface area is 183 Å². The first kappa shape index (κ1) is 20.8. The first-order valence-corrected chi connectivity index (χ1v) is 11.1. The Bertz CT molecular complexity index is 1020. The lowest BCUT2D eigenvalue weighted by atomic mass is 9.88. The van der Waals surface area contributed by atoms with Crippen LogP contribution >= 0.6 is 22.9 Å². The predicted octanol–water partition coefficient (Wildman–Crippen LogP) is 4.22. The van der Waals surface area contributed by atoms with E-state index in [0.717, 1.165) is 54.4 Å². The first-order valence-electron chi connectivity index (χ1n) is 9.87. The van der Waals surface area contributed by atoms with Crippen molar-refractivity contribution in [3.63, 3.8) is 0 Å². The molecule has 0 aromatic carbocycles. The first-order chi connectivity index (χ1) is 14.6. The van der Waals surface area contributed by atoms with Gasteiger partial charge >= 0.3 is 0 Å². The van der Waals surface area contributed by atoms with Crippen LogP contribution in [-0.4, -0.2) is 39.3 Å². The van der Waals surface area contributed by atoms with Crippen molar-refractivity contribution in [2.24, 2.45) is 0 Å². The number of anilines is 1. The summed E-state index contributed by atoms with van der Waals surface area (Å²) >= 11 is 7.24. The van der Waals surface area contributed by atoms with E-state index in [1.54, 1.807) is 12.4 Å². The van der Waals surface area contributed by atoms with E-state index in [1.807, 2.05) is 25.1 Å². The average Bonchev–Trinajstić information content (AvgIpc) is 3.21. The number of rotatable bonds is 6. The van der Waals surface area contributed by atoms with Crippen LogP contribution in [0.2, 0.25) is 5.02 Å². The van der Waals surface area contributed by atoms with E-state index in [2.05, 4.69) is 25.5 Å². The van der Waals surface area contributed by atoms with Crippen LogP contribution in [-0.2, 0) is 17.6 Å². The highest BCUT2D eigenvalue weighted by atomic mass is 35.5. The molecular weight excluding hydrogens is 422 g/mol. The zero-order chi connectivity index (χ0) is 20.9. The zero-order valence-electron chi connectivity index (χ0n) is 16.6. The van der Waals surface area contributed by atoms with Crippen molar-refractivity contribution in [2.75, 3.05) is 18.5 Å². The molecule has 1 aliphatic heterocycles. The van der Waals surface area contributed by atoms with Gasteiger partial charge < -0.3 is 4.74 Å². The quantitative estimate of drug-likeness (QED) is 0.613. The van der Waals surface area contributed by atoms with Crippen LogP contribution in [0.3, 0.4) is 0 Å². The molecule has 3 aromatic heterocycles. The lowest BCUT2D eigenvalue weighted by Crippen LogP contribution is -2.20. The Balaban J connectivity index is 1.42. The minimum absolute atomic E-state index is 0.203. The molecule has 0 bridgehead atoms. The van der Waals surface area contributed by atoms with Crippen molar-refractivity contribution >= 4 is 34.0 Å². The van der Waals surface area contributed by atoms with Gasteiger partial charge in [-0.15, -0.1) is 10.2 Å². The minimum atomic E-state index is -0.203. The number of hydrogen-bond acceptors (Lipinski definition) is 7. The third-order valence-electron chi connectivity index (χ3n) is 5.05. The summed E-state index contributed by atoms with van der Waals surface area (Å²) in [6.45, 7) is 3.38. The molecule has 7 nitrogen and oxygen atoms in total. The summed E-state index contributed by atoms with van der Waals surface area (Å²) in [4.78, 5) is 21.6. The molecule has 4 heterocycles. The fourth-order valence-corrected chi connectivity index (χ4v) is 4.32. The molecule has 1 amide bonds. The summed E-state index contributed by atoms with van der Waals surface area (Å²) in [6.07, 6.45) is 6.53. The number of carbonyl (C=O) groups excluding carboxylic acids is 1. The van der Waals surface area contributed by atoms with Crippen molar-refractivity contribution in [3.05, 3.63) is 63.1 Å². The van der Waals surface area contributed by atoms with E-state index in [0.29, 0.717) is 28.1 Å². The lowest BCUT2D eigenvalue weighted by molar-refractivity contribution is 0.0846. The number of ether oxygens (including phenoxy) is 1. The van der Waals surface area contributed by atoms with Gasteiger partial charge in [-0.25, -0.2) is 0 Å². The molecule has 0 unspecified atom stereocenters. The summed E-state index contributed by atoms with van der Waals surface area (Å²) in [5.74, 6) is 0.101. The Morgan fingerprint density at radius 2 is 2.03 bits per heavy atom. The highest BCUT2D eigenvalue weighted by molar-refractivity contribution is 7.15. The van der Waals surface area contributed by atoms with E-state index >= 15 is 0 Å². The summed E-state index contributed by atoms with van der Waals surface area (Å²) in [5, 5.41) is 13.1. The maximum atomic E-state index is 12.9. The topological polar surface area (TPSA) is 89.9 Å². The molecule has 1 fully saturated rings. The number of nitrogens with zero attached hydrogens (tertiary/aromatic N) is 4. The van der Waals surface area contributed by atoms with Gasteiger partial charge in [0.05, 0.1) is 10.6 Å². The fourth-order valence-electron chi connectivity index (χ4n) is 3.48. The standard InChI is InChI=1S/C21H22ClN5O2S/c1-13-10-17(14-6-8-29-9-7-14)18(12-23-13)20(28)25-21-27-26-19(30-21)5-4-16-3-2-15(22)11-24-16/h2-3,10-12,14H,4-9H2,1H3,(H,25,27,28). The van der Waals surface area contributed by atoms with Gasteiger partial charge in [0.15, 0.2) is 0 Å². The number of hydrogen-bond donors (Lipinski definition) is 1. The van der Waals surface area contributed by atoms with E-state index in [-0.39, 0.29) is 5.91 Å². The number of carbonyl (C=O) groups is 1. The van der Waals surface area contributed by atoms with E-state index in [9.17, 15) is 4.79 Å². The summed E-state index contributed by atoms with van der Waals surface area (Å²) < 4.78 is 5.47. The second-order valence-electron chi connectivity index (χ2n) is 7.22. The van der Waals surface area contributed by atoms with Gasteiger partial charge in [-0.3, -0.25) is 20.1 Å². The molecule has 0 atom stereocenters. The number of pyridine rings is 2. The molecule has 1 N–H and O–H groups in total. The number of halogens is 1. The molecule has 0 radical (unpaired) electrons. The van der Waals surface area contributed by atoms with Crippen LogP contribution in [0, 0.1) is 6.92 Å². The molecule has 1 saturated heterocycles. The van der Waals surface area contributed by atoms with Crippen LogP contribution in [0.15, 0.2) is 30.6 Å². The number of amides is 1. The second-order valence-corrected chi connectivity index (χ2v) is 8.72. The molecule has 9 heteroatoms. The van der Waals surface area contributed by atoms with Gasteiger partial charge in [-0.2, -0.15) is 0 Å². The zero-order valence-corrected chi connectivity index (χ0v) is 18.2. The highest BCUT2D eigenvalue weighted by Gasteiger charge is 2.23. The fraction of sp³-hybridized carbons (Fsp3) is 0.381. The molecule has 0 spiro atoms.